The number of amides is 1. The average molecular weight is 389 g/mol. The van der Waals surface area contributed by atoms with E-state index in [1.165, 1.54) is 17.0 Å². The molecule has 0 aliphatic carbocycles. The zero-order chi connectivity index (χ0) is 18.8. The number of phenolic OH excluding ortho intramolecular Hbond substituents is 1. The average Bonchev–Trinajstić information content (AvgIpc) is 2.86. The van der Waals surface area contributed by atoms with Crippen molar-refractivity contribution in [3.63, 3.8) is 0 Å². The summed E-state index contributed by atoms with van der Waals surface area (Å²) in [6.07, 6.45) is 1.67. The molecule has 1 heterocycles. The lowest BCUT2D eigenvalue weighted by molar-refractivity contribution is -0.121. The van der Waals surface area contributed by atoms with Gasteiger partial charge in [-0.1, -0.05) is 29.8 Å². The fourth-order valence-electron chi connectivity index (χ4n) is 2.28. The summed E-state index contributed by atoms with van der Waals surface area (Å²) >= 11 is 7.25. The number of aromatic carboxylic acids is 1. The number of nitrogens with zero attached hydrogens (tertiary/aromatic N) is 2. The van der Waals surface area contributed by atoms with E-state index in [4.69, 9.17) is 11.6 Å². The summed E-state index contributed by atoms with van der Waals surface area (Å²) in [6, 6.07) is 11.0. The second kappa shape index (κ2) is 7.23. The molecule has 6 nitrogen and oxygen atoms in total. The number of benzene rings is 2. The van der Waals surface area contributed by atoms with E-state index in [9.17, 15) is 19.8 Å². The van der Waals surface area contributed by atoms with Crippen LogP contribution in [0.15, 0.2) is 52.4 Å². The minimum Gasteiger partial charge on any atom is -0.508 e. The predicted molar refractivity (Wildman–Crippen MR) is 102 cm³/mol. The van der Waals surface area contributed by atoms with Gasteiger partial charge in [0.15, 0.2) is 5.17 Å². The molecule has 1 fully saturated rings. The number of rotatable bonds is 3. The fourth-order valence-corrected chi connectivity index (χ4v) is 3.44. The van der Waals surface area contributed by atoms with Crippen LogP contribution in [-0.4, -0.2) is 39.2 Å². The molecule has 0 bridgehead atoms. The molecule has 0 spiro atoms. The largest absolute Gasteiger partial charge is 0.508 e. The highest BCUT2D eigenvalue weighted by molar-refractivity contribution is 8.18. The van der Waals surface area contributed by atoms with Crippen molar-refractivity contribution in [2.45, 2.75) is 0 Å². The smallest absolute Gasteiger partial charge is 0.338 e. The molecule has 0 atom stereocenters. The molecule has 8 heteroatoms. The van der Waals surface area contributed by atoms with Gasteiger partial charge in [0.1, 0.15) is 5.75 Å². The Labute approximate surface area is 158 Å². The molecule has 2 N–H and O–H groups in total. The van der Waals surface area contributed by atoms with E-state index in [1.807, 2.05) is 6.07 Å². The van der Waals surface area contributed by atoms with E-state index in [1.54, 1.807) is 31.3 Å². The predicted octanol–water partition coefficient (Wildman–Crippen LogP) is 3.98. The minimum atomic E-state index is -1.22. The normalized spacial score (nSPS) is 17.3. The molecule has 2 aromatic rings. The van der Waals surface area contributed by atoms with Crippen molar-refractivity contribution < 1.29 is 19.8 Å². The monoisotopic (exact) mass is 388 g/mol. The molecule has 0 unspecified atom stereocenters. The molecule has 26 heavy (non-hydrogen) atoms. The Balaban J connectivity index is 1.99. The van der Waals surface area contributed by atoms with Crippen LogP contribution >= 0.6 is 23.4 Å². The number of likely N-dealkylation sites (N-methyl/N-ethyl adjacent to an activating group) is 1. The number of aromatic hydroxyl groups is 1. The van der Waals surface area contributed by atoms with Crippen LogP contribution in [0.1, 0.15) is 15.9 Å². The third-order valence-electron chi connectivity index (χ3n) is 3.62. The fraction of sp³-hybridized carbons (Fsp3) is 0.0556. The zero-order valence-electron chi connectivity index (χ0n) is 13.5. The summed E-state index contributed by atoms with van der Waals surface area (Å²) in [5.41, 5.74) is 0.703. The number of thioether (sulfide) groups is 1. The SMILES string of the molecule is CN1C(=O)/C(=C/c2ccccc2Cl)SC1=Nc1ccc(O)cc1C(=O)O. The number of halogens is 1. The Morgan fingerprint density at radius 3 is 2.69 bits per heavy atom. The van der Waals surface area contributed by atoms with Crippen LogP contribution in [0.5, 0.6) is 5.75 Å². The Hall–Kier alpha value is -2.77. The summed E-state index contributed by atoms with van der Waals surface area (Å²) in [5.74, 6) is -1.65. The Morgan fingerprint density at radius 2 is 2.00 bits per heavy atom. The van der Waals surface area contributed by atoms with Gasteiger partial charge in [-0.2, -0.15) is 0 Å². The number of hydrogen-bond donors (Lipinski definition) is 2. The van der Waals surface area contributed by atoms with Crippen molar-refractivity contribution >= 4 is 52.2 Å². The highest BCUT2D eigenvalue weighted by Crippen LogP contribution is 2.35. The van der Waals surface area contributed by atoms with Crippen molar-refractivity contribution in [2.24, 2.45) is 4.99 Å². The number of hydrogen-bond acceptors (Lipinski definition) is 5. The molecule has 3 rings (SSSR count). The van der Waals surface area contributed by atoms with Gasteiger partial charge in [0, 0.05) is 12.1 Å². The summed E-state index contributed by atoms with van der Waals surface area (Å²) in [6.45, 7) is 0. The van der Waals surface area contributed by atoms with Crippen molar-refractivity contribution in [1.29, 1.82) is 0 Å². The van der Waals surface area contributed by atoms with E-state index in [-0.39, 0.29) is 22.9 Å². The van der Waals surface area contributed by atoms with Crippen LogP contribution in [0, 0.1) is 0 Å². The first-order chi connectivity index (χ1) is 12.4. The van der Waals surface area contributed by atoms with Gasteiger partial charge in [0.05, 0.1) is 16.2 Å². The van der Waals surface area contributed by atoms with Gasteiger partial charge in [-0.25, -0.2) is 9.79 Å². The first kappa shape index (κ1) is 18.0. The molecule has 132 valence electrons. The number of carbonyl (C=O) groups is 2. The maximum Gasteiger partial charge on any atom is 0.338 e. The van der Waals surface area contributed by atoms with Gasteiger partial charge in [-0.05, 0) is 47.7 Å². The van der Waals surface area contributed by atoms with E-state index >= 15 is 0 Å². The molecular weight excluding hydrogens is 376 g/mol. The highest BCUT2D eigenvalue weighted by atomic mass is 35.5. The topological polar surface area (TPSA) is 90.2 Å². The third kappa shape index (κ3) is 3.58. The van der Waals surface area contributed by atoms with Gasteiger partial charge >= 0.3 is 5.97 Å². The highest BCUT2D eigenvalue weighted by Gasteiger charge is 2.31. The van der Waals surface area contributed by atoms with Crippen LogP contribution < -0.4 is 0 Å². The lowest BCUT2D eigenvalue weighted by Crippen LogP contribution is -2.23. The molecular formula is C18H13ClN2O4S. The second-order valence-electron chi connectivity index (χ2n) is 5.40. The molecule has 1 aliphatic rings. The van der Waals surface area contributed by atoms with Crippen molar-refractivity contribution in [3.8, 4) is 5.75 Å². The molecule has 0 radical (unpaired) electrons. The third-order valence-corrected chi connectivity index (χ3v) is 5.03. The molecule has 2 aromatic carbocycles. The van der Waals surface area contributed by atoms with Gasteiger partial charge in [0.25, 0.3) is 5.91 Å². The van der Waals surface area contributed by atoms with Crippen LogP contribution in [0.2, 0.25) is 5.02 Å². The van der Waals surface area contributed by atoms with Crippen LogP contribution in [0.25, 0.3) is 6.08 Å². The van der Waals surface area contributed by atoms with E-state index in [2.05, 4.69) is 4.99 Å². The lowest BCUT2D eigenvalue weighted by atomic mass is 10.2. The summed E-state index contributed by atoms with van der Waals surface area (Å²) in [4.78, 5) is 29.8. The van der Waals surface area contributed by atoms with E-state index < -0.39 is 5.97 Å². The van der Waals surface area contributed by atoms with Crippen LogP contribution in [-0.2, 0) is 4.79 Å². The summed E-state index contributed by atoms with van der Waals surface area (Å²) in [5, 5.41) is 19.6. The van der Waals surface area contributed by atoms with Crippen LogP contribution in [0.3, 0.4) is 0 Å². The maximum absolute atomic E-state index is 12.5. The summed E-state index contributed by atoms with van der Waals surface area (Å²) < 4.78 is 0. The van der Waals surface area contributed by atoms with Crippen LogP contribution in [0.4, 0.5) is 5.69 Å². The Morgan fingerprint density at radius 1 is 1.27 bits per heavy atom. The van der Waals surface area contributed by atoms with Crippen molar-refractivity contribution in [2.75, 3.05) is 7.05 Å². The number of phenols is 1. The van der Waals surface area contributed by atoms with Crippen molar-refractivity contribution in [3.05, 3.63) is 63.5 Å². The Kier molecular flexibility index (Phi) is 5.01. The maximum atomic E-state index is 12.5. The number of carboxylic acid groups (broad SMARTS) is 1. The number of carbonyl (C=O) groups excluding carboxylic acids is 1. The van der Waals surface area contributed by atoms with Gasteiger partial charge in [0.2, 0.25) is 0 Å². The van der Waals surface area contributed by atoms with Gasteiger partial charge in [-0.15, -0.1) is 0 Å². The number of aliphatic imine (C=N–C) groups is 1. The lowest BCUT2D eigenvalue weighted by Gasteiger charge is -2.08. The zero-order valence-corrected chi connectivity index (χ0v) is 15.1. The first-order valence-corrected chi connectivity index (χ1v) is 8.63. The first-order valence-electron chi connectivity index (χ1n) is 7.44. The van der Waals surface area contributed by atoms with Gasteiger partial charge < -0.3 is 10.2 Å². The van der Waals surface area contributed by atoms with Crippen molar-refractivity contribution in [1.82, 2.24) is 4.90 Å². The van der Waals surface area contributed by atoms with Gasteiger partial charge in [-0.3, -0.25) is 9.69 Å². The molecule has 1 aliphatic heterocycles. The van der Waals surface area contributed by atoms with E-state index in [0.717, 1.165) is 17.8 Å². The summed E-state index contributed by atoms with van der Waals surface area (Å²) in [7, 11) is 1.56. The number of amidine groups is 1. The molecule has 1 saturated heterocycles. The standard InChI is InChI=1S/C18H13ClN2O4S/c1-21-16(23)15(8-10-4-2-3-5-13(10)19)26-18(21)20-14-7-6-11(22)9-12(14)17(24)25/h2-9,22H,1H3,(H,24,25)/b15-8-,20-18?. The minimum absolute atomic E-state index is 0.149. The second-order valence-corrected chi connectivity index (χ2v) is 6.81. The molecule has 0 aromatic heterocycles. The molecule has 1 amide bonds. The van der Waals surface area contributed by atoms with E-state index in [0.29, 0.717) is 20.7 Å². The molecule has 0 saturated carbocycles. The quantitative estimate of drug-likeness (QED) is 0.776. The Bertz CT molecular complexity index is 971. The number of carboxylic acids is 1.